The van der Waals surface area contributed by atoms with Gasteiger partial charge in [-0.1, -0.05) is 47.5 Å². The van der Waals surface area contributed by atoms with E-state index in [2.05, 4.69) is 34.1 Å². The van der Waals surface area contributed by atoms with Gasteiger partial charge in [0.25, 0.3) is 0 Å². The molecule has 0 radical (unpaired) electrons. The van der Waals surface area contributed by atoms with Crippen molar-refractivity contribution in [1.29, 1.82) is 0 Å². The second kappa shape index (κ2) is 9.02. The van der Waals surface area contributed by atoms with Crippen molar-refractivity contribution >= 4 is 23.2 Å². The summed E-state index contributed by atoms with van der Waals surface area (Å²) in [5.41, 5.74) is 2.77. The molecule has 1 N–H and O–H groups in total. The van der Waals surface area contributed by atoms with Crippen molar-refractivity contribution in [3.8, 4) is 5.75 Å². The van der Waals surface area contributed by atoms with E-state index in [-0.39, 0.29) is 12.2 Å². The summed E-state index contributed by atoms with van der Waals surface area (Å²) in [6.07, 6.45) is 1.74. The van der Waals surface area contributed by atoms with Crippen LogP contribution in [0.3, 0.4) is 0 Å². The summed E-state index contributed by atoms with van der Waals surface area (Å²) < 4.78 is 6.05. The van der Waals surface area contributed by atoms with Crippen LogP contribution in [-0.4, -0.2) is 53.3 Å². The molecule has 2 aliphatic heterocycles. The minimum Gasteiger partial charge on any atom is -0.490 e. The number of benzene rings is 2. The normalized spacial score (nSPS) is 19.5. The van der Waals surface area contributed by atoms with Gasteiger partial charge < -0.3 is 14.7 Å². The van der Waals surface area contributed by atoms with Crippen molar-refractivity contribution in [2.45, 2.75) is 38.1 Å². The minimum atomic E-state index is -0.332. The first-order valence-corrected chi connectivity index (χ1v) is 10.6. The fourth-order valence-corrected chi connectivity index (χ4v) is 4.43. The monoisotopic (exact) mass is 420 g/mol. The summed E-state index contributed by atoms with van der Waals surface area (Å²) in [6, 6.07) is 13.9. The molecule has 2 aromatic rings. The number of aliphatic hydroxyl groups is 1. The van der Waals surface area contributed by atoms with Crippen molar-refractivity contribution < 1.29 is 9.84 Å². The highest BCUT2D eigenvalue weighted by molar-refractivity contribution is 6.42. The molecule has 1 fully saturated rings. The molecule has 28 heavy (non-hydrogen) atoms. The third-order valence-corrected chi connectivity index (χ3v) is 6.31. The van der Waals surface area contributed by atoms with E-state index < -0.39 is 0 Å². The van der Waals surface area contributed by atoms with E-state index in [0.29, 0.717) is 23.1 Å². The molecule has 1 atom stereocenters. The van der Waals surface area contributed by atoms with Gasteiger partial charge in [0, 0.05) is 45.3 Å². The zero-order valence-electron chi connectivity index (χ0n) is 15.9. The van der Waals surface area contributed by atoms with Gasteiger partial charge in [-0.25, -0.2) is 0 Å². The van der Waals surface area contributed by atoms with Crippen LogP contribution in [0.5, 0.6) is 5.75 Å². The quantitative estimate of drug-likeness (QED) is 0.758. The lowest BCUT2D eigenvalue weighted by atomic mass is 10.1. The smallest absolute Gasteiger partial charge is 0.121 e. The molecule has 0 aromatic heterocycles. The van der Waals surface area contributed by atoms with Crippen molar-refractivity contribution in [2.24, 2.45) is 0 Å². The van der Waals surface area contributed by atoms with Crippen LogP contribution in [0, 0.1) is 0 Å². The lowest BCUT2D eigenvalue weighted by Gasteiger charge is -2.34. The summed E-state index contributed by atoms with van der Waals surface area (Å²) in [6.45, 7) is 5.17. The topological polar surface area (TPSA) is 35.9 Å². The molecular formula is C22H26Cl2N2O2. The number of ether oxygens (including phenoxy) is 1. The second-order valence-corrected chi connectivity index (χ2v) is 8.60. The maximum absolute atomic E-state index is 10.6. The zero-order chi connectivity index (χ0) is 19.5. The van der Waals surface area contributed by atoms with Gasteiger partial charge in [0.05, 0.1) is 16.1 Å². The summed E-state index contributed by atoms with van der Waals surface area (Å²) in [5, 5.41) is 11.6. The van der Waals surface area contributed by atoms with Crippen LogP contribution in [0.25, 0.3) is 0 Å². The van der Waals surface area contributed by atoms with E-state index in [9.17, 15) is 5.11 Å². The molecule has 6 heteroatoms. The molecule has 0 aliphatic carbocycles. The highest BCUT2D eigenvalue weighted by atomic mass is 35.5. The van der Waals surface area contributed by atoms with Crippen LogP contribution >= 0.6 is 23.2 Å². The summed E-state index contributed by atoms with van der Waals surface area (Å²) in [5.74, 6) is 0.765. The van der Waals surface area contributed by atoms with E-state index in [1.807, 2.05) is 6.07 Å². The van der Waals surface area contributed by atoms with Gasteiger partial charge in [-0.05, 0) is 36.1 Å². The minimum absolute atomic E-state index is 0.179. The SMILES string of the molecule is O[C@@H](CN1CCC(Oc2ccc(Cl)c(Cl)c2)CC1)CN1Cc2ccccc2C1. The molecule has 2 aromatic carbocycles. The zero-order valence-corrected chi connectivity index (χ0v) is 17.4. The third-order valence-electron chi connectivity index (χ3n) is 5.57. The van der Waals surface area contributed by atoms with E-state index in [4.69, 9.17) is 27.9 Å². The van der Waals surface area contributed by atoms with Crippen molar-refractivity contribution in [3.05, 3.63) is 63.6 Å². The van der Waals surface area contributed by atoms with Crippen LogP contribution in [0.15, 0.2) is 42.5 Å². The number of fused-ring (bicyclic) bond motifs is 1. The van der Waals surface area contributed by atoms with Gasteiger partial charge in [-0.15, -0.1) is 0 Å². The number of β-amino-alcohol motifs (C(OH)–C–C–N with tert-alkyl or cyclic N) is 1. The molecule has 2 heterocycles. The summed E-state index contributed by atoms with van der Waals surface area (Å²) in [7, 11) is 0. The van der Waals surface area contributed by atoms with Gasteiger partial charge >= 0.3 is 0 Å². The lowest BCUT2D eigenvalue weighted by molar-refractivity contribution is 0.0433. The fourth-order valence-electron chi connectivity index (χ4n) is 4.14. The van der Waals surface area contributed by atoms with Crippen LogP contribution in [0.2, 0.25) is 10.0 Å². The van der Waals surface area contributed by atoms with Gasteiger partial charge in [-0.2, -0.15) is 0 Å². The number of hydrogen-bond acceptors (Lipinski definition) is 4. The fraction of sp³-hybridized carbons (Fsp3) is 0.455. The van der Waals surface area contributed by atoms with Gasteiger partial charge in [0.15, 0.2) is 0 Å². The Morgan fingerprint density at radius 2 is 1.57 bits per heavy atom. The second-order valence-electron chi connectivity index (χ2n) is 7.79. The van der Waals surface area contributed by atoms with Crippen molar-refractivity contribution in [2.75, 3.05) is 26.2 Å². The average molecular weight is 421 g/mol. The third kappa shape index (κ3) is 5.00. The Morgan fingerprint density at radius 1 is 0.929 bits per heavy atom. The van der Waals surface area contributed by atoms with E-state index in [0.717, 1.165) is 44.8 Å². The summed E-state index contributed by atoms with van der Waals surface area (Å²) in [4.78, 5) is 4.66. The van der Waals surface area contributed by atoms with Crippen molar-refractivity contribution in [1.82, 2.24) is 9.80 Å². The molecule has 1 saturated heterocycles. The molecule has 0 bridgehead atoms. The maximum atomic E-state index is 10.6. The molecule has 0 amide bonds. The number of likely N-dealkylation sites (tertiary alicyclic amines) is 1. The predicted molar refractivity (Wildman–Crippen MR) is 113 cm³/mol. The molecule has 0 unspecified atom stereocenters. The Hall–Kier alpha value is -1.30. The van der Waals surface area contributed by atoms with E-state index >= 15 is 0 Å². The summed E-state index contributed by atoms with van der Waals surface area (Å²) >= 11 is 12.0. The molecule has 2 aliphatic rings. The average Bonchev–Trinajstić information content (AvgIpc) is 3.08. The van der Waals surface area contributed by atoms with Crippen molar-refractivity contribution in [3.63, 3.8) is 0 Å². The molecular weight excluding hydrogens is 395 g/mol. The van der Waals surface area contributed by atoms with Crippen LogP contribution < -0.4 is 4.74 Å². The van der Waals surface area contributed by atoms with Gasteiger partial charge in [0.1, 0.15) is 11.9 Å². The first kappa shape index (κ1) is 20.0. The number of hydrogen-bond donors (Lipinski definition) is 1. The Morgan fingerprint density at radius 3 is 2.21 bits per heavy atom. The lowest BCUT2D eigenvalue weighted by Crippen LogP contribution is -2.44. The molecule has 4 nitrogen and oxygen atoms in total. The van der Waals surface area contributed by atoms with E-state index in [1.54, 1.807) is 12.1 Å². The Bertz CT molecular complexity index is 784. The number of piperidine rings is 1. The van der Waals surface area contributed by atoms with Crippen LogP contribution in [0.1, 0.15) is 24.0 Å². The van der Waals surface area contributed by atoms with Crippen LogP contribution in [0.4, 0.5) is 0 Å². The van der Waals surface area contributed by atoms with Crippen LogP contribution in [-0.2, 0) is 13.1 Å². The van der Waals surface area contributed by atoms with E-state index in [1.165, 1.54) is 11.1 Å². The maximum Gasteiger partial charge on any atom is 0.121 e. The first-order chi connectivity index (χ1) is 13.6. The number of nitrogens with zero attached hydrogens (tertiary/aromatic N) is 2. The predicted octanol–water partition coefficient (Wildman–Crippen LogP) is 4.21. The highest BCUT2D eigenvalue weighted by Crippen LogP contribution is 2.28. The Labute approximate surface area is 176 Å². The number of halogens is 2. The number of rotatable bonds is 6. The molecule has 0 spiro atoms. The van der Waals surface area contributed by atoms with Gasteiger partial charge in [-0.3, -0.25) is 4.90 Å². The van der Waals surface area contributed by atoms with Gasteiger partial charge in [0.2, 0.25) is 0 Å². The standard InChI is InChI=1S/C22H26Cl2N2O2/c23-21-6-5-20(11-22(21)24)28-19-7-9-25(10-8-19)14-18(27)15-26-12-16-3-1-2-4-17(16)13-26/h1-6,11,18-19,27H,7-10,12-15H2/t18-/m0/s1. The molecule has 4 rings (SSSR count). The Kier molecular flexibility index (Phi) is 6.44. The highest BCUT2D eigenvalue weighted by Gasteiger charge is 2.25. The number of aliphatic hydroxyl groups excluding tert-OH is 1. The molecule has 0 saturated carbocycles. The Balaban J connectivity index is 1.19. The largest absolute Gasteiger partial charge is 0.490 e. The molecule has 150 valence electrons. The first-order valence-electron chi connectivity index (χ1n) is 9.88.